The summed E-state index contributed by atoms with van der Waals surface area (Å²) in [6.07, 6.45) is 6.54. The maximum absolute atomic E-state index is 13.8. The summed E-state index contributed by atoms with van der Waals surface area (Å²) in [7, 11) is 3.64. The second-order valence-electron chi connectivity index (χ2n) is 13.2. The van der Waals surface area contributed by atoms with Gasteiger partial charge in [0.25, 0.3) is 11.5 Å². The lowest BCUT2D eigenvalue weighted by atomic mass is 9.93. The number of pyridine rings is 1. The maximum Gasteiger partial charge on any atom is 0.267 e. The number of rotatable bonds is 12. The number of fused-ring (bicyclic) bond motifs is 1. The van der Waals surface area contributed by atoms with Crippen LogP contribution >= 0.6 is 11.3 Å². The van der Waals surface area contributed by atoms with Crippen molar-refractivity contribution in [1.82, 2.24) is 50.5 Å². The molecule has 5 heterocycles. The summed E-state index contributed by atoms with van der Waals surface area (Å²) in [6.45, 7) is 8.34. The number of nitrogens with one attached hydrogen (secondary N) is 4. The topological polar surface area (TPSA) is 196 Å². The van der Waals surface area contributed by atoms with Gasteiger partial charge < -0.3 is 20.4 Å². The molecule has 0 bridgehead atoms. The fourth-order valence-corrected chi connectivity index (χ4v) is 6.27. The monoisotopic (exact) mass is 690 g/mol. The van der Waals surface area contributed by atoms with Crippen molar-refractivity contribution in [3.63, 3.8) is 0 Å². The van der Waals surface area contributed by atoms with E-state index in [2.05, 4.69) is 62.3 Å². The van der Waals surface area contributed by atoms with Crippen LogP contribution in [0.25, 0.3) is 17.8 Å². The van der Waals surface area contributed by atoms with Gasteiger partial charge in [0.2, 0.25) is 11.8 Å². The molecule has 1 aliphatic rings. The number of carbonyl (C=O) groups is 3. The zero-order valence-electron chi connectivity index (χ0n) is 28.3. The minimum atomic E-state index is -0.357. The molecule has 1 saturated heterocycles. The van der Waals surface area contributed by atoms with Crippen LogP contribution in [-0.2, 0) is 15.0 Å². The zero-order chi connectivity index (χ0) is 35.1. The van der Waals surface area contributed by atoms with Crippen molar-refractivity contribution in [2.24, 2.45) is 5.92 Å². The van der Waals surface area contributed by atoms with E-state index in [-0.39, 0.29) is 34.6 Å². The first-order valence-electron chi connectivity index (χ1n) is 16.1. The van der Waals surface area contributed by atoms with E-state index < -0.39 is 0 Å². The fourth-order valence-electron chi connectivity index (χ4n) is 5.34. The summed E-state index contributed by atoms with van der Waals surface area (Å²) >= 11 is 1.36. The summed E-state index contributed by atoms with van der Waals surface area (Å²) in [5.41, 5.74) is 1.41. The molecule has 4 aromatic rings. The molecule has 0 spiro atoms. The lowest BCUT2D eigenvalue weighted by molar-refractivity contribution is -0.123. The number of amides is 3. The lowest BCUT2D eigenvalue weighted by Crippen LogP contribution is -2.40. The van der Waals surface area contributed by atoms with Crippen LogP contribution in [0.1, 0.15) is 67.5 Å². The predicted octanol–water partition coefficient (Wildman–Crippen LogP) is 1.78. The van der Waals surface area contributed by atoms with Gasteiger partial charge in [0.15, 0.2) is 11.0 Å². The SMILES string of the molecule is CN(C)CC(=O)NCCNC(=O)CC1CCN(c2nc3cc(C(=O)Nc4nc(C(C)(C)C)cs4)ccn3c(=O)c2C=Cc2nn[nH]n2)CC1. The van der Waals surface area contributed by atoms with Crippen LogP contribution < -0.4 is 26.4 Å². The van der Waals surface area contributed by atoms with Crippen LogP contribution in [0, 0.1) is 5.92 Å². The lowest BCUT2D eigenvalue weighted by Gasteiger charge is -2.33. The van der Waals surface area contributed by atoms with Crippen molar-refractivity contribution in [1.29, 1.82) is 0 Å². The molecule has 5 rings (SSSR count). The standard InChI is InChI=1S/C32H42N12O4S/c1-32(2,3)23-19-49-31(35-23)37-29(47)21-10-15-44-25(17-21)36-28(22(30(44)48)6-7-24-38-40-41-39-24)43-13-8-20(9-14-43)16-26(45)33-11-12-34-27(46)18-42(4)5/h6-7,10,15,17,19-20H,8-9,11-14,16,18H2,1-5H3,(H,33,45)(H,34,46)(H,35,37,47)(H,38,39,40,41). The van der Waals surface area contributed by atoms with Gasteiger partial charge in [0.1, 0.15) is 11.5 Å². The van der Waals surface area contributed by atoms with Crippen molar-refractivity contribution in [3.8, 4) is 0 Å². The number of piperidine rings is 1. The molecule has 49 heavy (non-hydrogen) atoms. The quantitative estimate of drug-likeness (QED) is 0.158. The van der Waals surface area contributed by atoms with Crippen LogP contribution in [-0.4, -0.2) is 104 Å². The number of H-pyrrole nitrogens is 1. The zero-order valence-corrected chi connectivity index (χ0v) is 29.1. The predicted molar refractivity (Wildman–Crippen MR) is 187 cm³/mol. The Balaban J connectivity index is 1.30. The Morgan fingerprint density at radius 3 is 2.47 bits per heavy atom. The molecule has 16 nitrogen and oxygen atoms in total. The highest BCUT2D eigenvalue weighted by molar-refractivity contribution is 7.14. The Morgan fingerprint density at radius 1 is 1.08 bits per heavy atom. The van der Waals surface area contributed by atoms with E-state index in [9.17, 15) is 19.2 Å². The molecule has 4 aromatic heterocycles. The summed E-state index contributed by atoms with van der Waals surface area (Å²) in [5, 5.41) is 24.8. The van der Waals surface area contributed by atoms with Crippen LogP contribution in [0.15, 0.2) is 28.5 Å². The van der Waals surface area contributed by atoms with Crippen molar-refractivity contribution in [3.05, 3.63) is 56.7 Å². The third-order valence-electron chi connectivity index (χ3n) is 7.98. The number of likely N-dealkylation sites (N-methyl/N-ethyl adjacent to an activating group) is 1. The summed E-state index contributed by atoms with van der Waals surface area (Å²) in [6, 6.07) is 3.16. The van der Waals surface area contributed by atoms with Gasteiger partial charge in [0.05, 0.1) is 17.8 Å². The number of thiazole rings is 1. The van der Waals surface area contributed by atoms with Gasteiger partial charge in [-0.25, -0.2) is 9.97 Å². The number of hydrogen-bond donors (Lipinski definition) is 4. The Labute approximate surface area is 287 Å². The van der Waals surface area contributed by atoms with Gasteiger partial charge in [-0.05, 0) is 62.4 Å². The molecule has 0 atom stereocenters. The van der Waals surface area contributed by atoms with Crippen molar-refractivity contribution >= 4 is 57.8 Å². The normalized spacial score (nSPS) is 14.1. The Kier molecular flexibility index (Phi) is 11.1. The van der Waals surface area contributed by atoms with E-state index in [1.807, 2.05) is 24.4 Å². The van der Waals surface area contributed by atoms with E-state index in [4.69, 9.17) is 4.98 Å². The second kappa shape index (κ2) is 15.5. The minimum Gasteiger partial charge on any atom is -0.356 e. The van der Waals surface area contributed by atoms with E-state index >= 15 is 0 Å². The molecule has 1 fully saturated rings. The van der Waals surface area contributed by atoms with Crippen molar-refractivity contribution < 1.29 is 14.4 Å². The number of aromatic nitrogens is 7. The molecule has 0 radical (unpaired) electrons. The number of tetrazole rings is 1. The summed E-state index contributed by atoms with van der Waals surface area (Å²) < 4.78 is 1.40. The summed E-state index contributed by atoms with van der Waals surface area (Å²) in [4.78, 5) is 64.7. The average molecular weight is 691 g/mol. The smallest absolute Gasteiger partial charge is 0.267 e. The van der Waals surface area contributed by atoms with E-state index in [0.717, 1.165) is 18.5 Å². The molecule has 3 amide bonds. The maximum atomic E-state index is 13.8. The highest BCUT2D eigenvalue weighted by atomic mass is 32.1. The molecular weight excluding hydrogens is 648 g/mol. The molecule has 0 unspecified atom stereocenters. The van der Waals surface area contributed by atoms with Crippen LogP contribution in [0.4, 0.5) is 10.9 Å². The largest absolute Gasteiger partial charge is 0.356 e. The van der Waals surface area contributed by atoms with Crippen LogP contribution in [0.2, 0.25) is 0 Å². The number of hydrogen-bond acceptors (Lipinski definition) is 12. The van der Waals surface area contributed by atoms with Gasteiger partial charge in [-0.3, -0.25) is 28.9 Å². The molecule has 0 aliphatic carbocycles. The van der Waals surface area contributed by atoms with E-state index in [1.54, 1.807) is 29.2 Å². The average Bonchev–Trinajstić information content (AvgIpc) is 3.75. The number of nitrogens with zero attached hydrogens (tertiary/aromatic N) is 8. The Hall–Kier alpha value is -5.03. The van der Waals surface area contributed by atoms with Crippen molar-refractivity contribution in [2.75, 3.05) is 57.0 Å². The fraction of sp³-hybridized carbons (Fsp3) is 0.469. The molecule has 0 aromatic carbocycles. The van der Waals surface area contributed by atoms with E-state index in [0.29, 0.717) is 72.7 Å². The molecule has 17 heteroatoms. The van der Waals surface area contributed by atoms with Crippen LogP contribution in [0.5, 0.6) is 0 Å². The molecular formula is C32H42N12O4S. The highest BCUT2D eigenvalue weighted by Crippen LogP contribution is 2.28. The summed E-state index contributed by atoms with van der Waals surface area (Å²) in [5.74, 6) is 0.410. The third kappa shape index (κ3) is 9.32. The molecule has 4 N–H and O–H groups in total. The number of anilines is 2. The Morgan fingerprint density at radius 2 is 1.82 bits per heavy atom. The third-order valence-corrected chi connectivity index (χ3v) is 8.74. The first-order valence-corrected chi connectivity index (χ1v) is 16.9. The number of carbonyl (C=O) groups excluding carboxylic acids is 3. The van der Waals surface area contributed by atoms with Gasteiger partial charge in [-0.15, -0.1) is 21.5 Å². The van der Waals surface area contributed by atoms with Crippen molar-refractivity contribution in [2.45, 2.75) is 45.4 Å². The first kappa shape index (κ1) is 35.3. The molecule has 0 saturated carbocycles. The highest BCUT2D eigenvalue weighted by Gasteiger charge is 2.26. The second-order valence-corrected chi connectivity index (χ2v) is 14.1. The molecule has 1 aliphatic heterocycles. The van der Waals surface area contributed by atoms with Gasteiger partial charge in [0, 0.05) is 55.2 Å². The molecule has 260 valence electrons. The first-order chi connectivity index (χ1) is 23.4. The van der Waals surface area contributed by atoms with Gasteiger partial charge >= 0.3 is 0 Å². The van der Waals surface area contributed by atoms with E-state index in [1.165, 1.54) is 21.9 Å². The minimum absolute atomic E-state index is 0.0655. The van der Waals surface area contributed by atoms with Gasteiger partial charge in [-0.1, -0.05) is 20.8 Å². The Bertz CT molecular complexity index is 1870. The van der Waals surface area contributed by atoms with Crippen LogP contribution in [0.3, 0.4) is 0 Å². The van der Waals surface area contributed by atoms with Gasteiger partial charge in [-0.2, -0.15) is 5.21 Å². The number of aromatic amines is 1.